The molecular weight excluding hydrogens is 342 g/mol. The summed E-state index contributed by atoms with van der Waals surface area (Å²) in [6.45, 7) is 1.84. The quantitative estimate of drug-likeness (QED) is 0.471. The number of ether oxygens (including phenoxy) is 1. The molecule has 2 atom stereocenters. The Labute approximate surface area is 157 Å². The molecule has 0 radical (unpaired) electrons. The van der Waals surface area contributed by atoms with Crippen molar-refractivity contribution in [1.82, 2.24) is 0 Å². The minimum Gasteiger partial charge on any atom is -0.423 e. The molecule has 1 saturated carbocycles. The summed E-state index contributed by atoms with van der Waals surface area (Å²) in [5, 5.41) is 0. The number of carbonyl (C=O) groups is 3. The van der Waals surface area contributed by atoms with E-state index in [1.54, 1.807) is 36.4 Å². The number of hydrogen-bond acceptors (Lipinski definition) is 4. The topological polar surface area (TPSA) is 63.7 Å². The van der Waals surface area contributed by atoms with Crippen molar-refractivity contribution < 1.29 is 19.1 Å². The number of rotatable bonds is 3. The molecule has 1 heterocycles. The average molecular weight is 363 g/mol. The van der Waals surface area contributed by atoms with Crippen LogP contribution in [0.15, 0.2) is 48.5 Å². The van der Waals surface area contributed by atoms with E-state index in [-0.39, 0.29) is 23.7 Å². The van der Waals surface area contributed by atoms with Crippen LogP contribution in [0.3, 0.4) is 0 Å². The molecule has 2 aromatic carbocycles. The minimum absolute atomic E-state index is 0.132. The summed E-state index contributed by atoms with van der Waals surface area (Å²) in [5.74, 6) is -0.817. The predicted molar refractivity (Wildman–Crippen MR) is 101 cm³/mol. The van der Waals surface area contributed by atoms with Crippen molar-refractivity contribution in [2.45, 2.75) is 32.6 Å². The second-order valence-corrected chi connectivity index (χ2v) is 7.21. The van der Waals surface area contributed by atoms with Crippen molar-refractivity contribution in [3.05, 3.63) is 59.7 Å². The van der Waals surface area contributed by atoms with Gasteiger partial charge in [-0.25, -0.2) is 9.69 Å². The van der Waals surface area contributed by atoms with Crippen molar-refractivity contribution in [2.75, 3.05) is 4.90 Å². The maximum absolute atomic E-state index is 12.7. The van der Waals surface area contributed by atoms with Crippen LogP contribution in [0.2, 0.25) is 0 Å². The van der Waals surface area contributed by atoms with E-state index in [4.69, 9.17) is 4.74 Å². The Balaban J connectivity index is 1.58. The van der Waals surface area contributed by atoms with Gasteiger partial charge in [-0.3, -0.25) is 9.59 Å². The minimum atomic E-state index is -0.460. The van der Waals surface area contributed by atoms with Crippen LogP contribution in [0.1, 0.15) is 41.6 Å². The molecule has 5 heteroatoms. The lowest BCUT2D eigenvalue weighted by molar-refractivity contribution is -0.122. The summed E-state index contributed by atoms with van der Waals surface area (Å²) < 4.78 is 5.48. The van der Waals surface area contributed by atoms with Crippen molar-refractivity contribution in [3.63, 3.8) is 0 Å². The van der Waals surface area contributed by atoms with Crippen LogP contribution >= 0.6 is 0 Å². The SMILES string of the molecule is Cc1ccccc1C(=O)Oc1cccc(N2C(=O)[C@H]3CCCC[C@H]3C2=O)c1. The van der Waals surface area contributed by atoms with Crippen LogP contribution in [0.5, 0.6) is 5.75 Å². The summed E-state index contributed by atoms with van der Waals surface area (Å²) in [6.07, 6.45) is 3.52. The third-order valence-corrected chi connectivity index (χ3v) is 5.49. The van der Waals surface area contributed by atoms with E-state index < -0.39 is 5.97 Å². The first-order valence-electron chi connectivity index (χ1n) is 9.32. The fraction of sp³-hybridized carbons (Fsp3) is 0.318. The number of hydrogen-bond donors (Lipinski definition) is 0. The Morgan fingerprint density at radius 3 is 2.30 bits per heavy atom. The molecule has 2 aliphatic rings. The molecule has 1 saturated heterocycles. The molecule has 1 aliphatic heterocycles. The Morgan fingerprint density at radius 1 is 0.963 bits per heavy atom. The molecular formula is C22H21NO4. The average Bonchev–Trinajstić information content (AvgIpc) is 2.93. The van der Waals surface area contributed by atoms with Crippen LogP contribution in [-0.4, -0.2) is 17.8 Å². The van der Waals surface area contributed by atoms with Gasteiger partial charge in [-0.15, -0.1) is 0 Å². The number of anilines is 1. The number of amides is 2. The molecule has 0 N–H and O–H groups in total. The van der Waals surface area contributed by atoms with Crippen LogP contribution in [0.25, 0.3) is 0 Å². The first kappa shape index (κ1) is 17.5. The normalized spacial score (nSPS) is 21.9. The van der Waals surface area contributed by atoms with Gasteiger partial charge in [0.15, 0.2) is 0 Å². The largest absolute Gasteiger partial charge is 0.423 e. The highest BCUT2D eigenvalue weighted by atomic mass is 16.5. The predicted octanol–water partition coefficient (Wildman–Crippen LogP) is 3.89. The van der Waals surface area contributed by atoms with Gasteiger partial charge in [-0.1, -0.05) is 37.1 Å². The van der Waals surface area contributed by atoms with Gasteiger partial charge in [0.05, 0.1) is 23.1 Å². The maximum atomic E-state index is 12.7. The molecule has 0 bridgehead atoms. The lowest BCUT2D eigenvalue weighted by atomic mass is 9.81. The lowest BCUT2D eigenvalue weighted by Gasteiger charge is -2.19. The van der Waals surface area contributed by atoms with Crippen molar-refractivity contribution >= 4 is 23.5 Å². The molecule has 2 amide bonds. The highest BCUT2D eigenvalue weighted by Crippen LogP contribution is 2.40. The van der Waals surface area contributed by atoms with E-state index >= 15 is 0 Å². The van der Waals surface area contributed by atoms with Gasteiger partial charge in [0.2, 0.25) is 11.8 Å². The number of aryl methyl sites for hydroxylation is 1. The molecule has 0 spiro atoms. The van der Waals surface area contributed by atoms with Gasteiger partial charge in [0.25, 0.3) is 0 Å². The lowest BCUT2D eigenvalue weighted by Crippen LogP contribution is -2.30. The number of esters is 1. The van der Waals surface area contributed by atoms with E-state index in [0.717, 1.165) is 31.2 Å². The monoisotopic (exact) mass is 363 g/mol. The molecule has 27 heavy (non-hydrogen) atoms. The molecule has 2 fully saturated rings. The summed E-state index contributed by atoms with van der Waals surface area (Å²) in [7, 11) is 0. The highest BCUT2D eigenvalue weighted by Gasteiger charge is 2.48. The van der Waals surface area contributed by atoms with Gasteiger partial charge >= 0.3 is 5.97 Å². The van der Waals surface area contributed by atoms with Crippen LogP contribution in [0.4, 0.5) is 5.69 Å². The Hall–Kier alpha value is -2.95. The highest BCUT2D eigenvalue weighted by molar-refractivity contribution is 6.22. The van der Waals surface area contributed by atoms with E-state index in [9.17, 15) is 14.4 Å². The Kier molecular flexibility index (Phi) is 4.52. The number of benzene rings is 2. The number of imide groups is 1. The van der Waals surface area contributed by atoms with Gasteiger partial charge < -0.3 is 4.74 Å². The van der Waals surface area contributed by atoms with E-state index in [1.807, 2.05) is 19.1 Å². The number of fused-ring (bicyclic) bond motifs is 1. The maximum Gasteiger partial charge on any atom is 0.343 e. The molecule has 0 aromatic heterocycles. The summed E-state index contributed by atoms with van der Waals surface area (Å²) in [6, 6.07) is 13.8. The fourth-order valence-corrected chi connectivity index (χ4v) is 4.07. The standard InChI is InChI=1S/C22H21NO4/c1-14-7-2-3-10-17(14)22(26)27-16-9-6-8-15(13-16)23-20(24)18-11-4-5-12-19(18)21(23)25/h2-3,6-10,13,18-19H,4-5,11-12H2,1H3/t18-,19+. The smallest absolute Gasteiger partial charge is 0.343 e. The van der Waals surface area contributed by atoms with E-state index in [0.29, 0.717) is 17.0 Å². The first-order valence-corrected chi connectivity index (χ1v) is 9.32. The van der Waals surface area contributed by atoms with E-state index in [1.165, 1.54) is 4.90 Å². The van der Waals surface area contributed by atoms with Crippen LogP contribution < -0.4 is 9.64 Å². The Morgan fingerprint density at radius 2 is 1.63 bits per heavy atom. The second kappa shape index (κ2) is 6.99. The molecule has 1 aliphatic carbocycles. The van der Waals surface area contributed by atoms with E-state index in [2.05, 4.69) is 0 Å². The fourth-order valence-electron chi connectivity index (χ4n) is 4.07. The molecule has 0 unspecified atom stereocenters. The number of carbonyl (C=O) groups excluding carboxylic acids is 3. The third kappa shape index (κ3) is 3.14. The summed E-state index contributed by atoms with van der Waals surface area (Å²) in [5.41, 5.74) is 1.78. The van der Waals surface area contributed by atoms with Gasteiger partial charge in [-0.2, -0.15) is 0 Å². The Bertz CT molecular complexity index is 896. The van der Waals surface area contributed by atoms with Crippen molar-refractivity contribution in [2.24, 2.45) is 11.8 Å². The van der Waals surface area contributed by atoms with Crippen molar-refractivity contribution in [1.29, 1.82) is 0 Å². The van der Waals surface area contributed by atoms with Crippen LogP contribution in [0, 0.1) is 18.8 Å². The first-order chi connectivity index (χ1) is 13.1. The zero-order valence-electron chi connectivity index (χ0n) is 15.2. The zero-order chi connectivity index (χ0) is 19.0. The van der Waals surface area contributed by atoms with Crippen LogP contribution in [-0.2, 0) is 9.59 Å². The second-order valence-electron chi connectivity index (χ2n) is 7.21. The van der Waals surface area contributed by atoms with Crippen molar-refractivity contribution in [3.8, 4) is 5.75 Å². The van der Waals surface area contributed by atoms with Gasteiger partial charge in [0.1, 0.15) is 5.75 Å². The van der Waals surface area contributed by atoms with Gasteiger partial charge in [0, 0.05) is 6.07 Å². The zero-order valence-corrected chi connectivity index (χ0v) is 15.2. The molecule has 138 valence electrons. The van der Waals surface area contributed by atoms with Gasteiger partial charge in [-0.05, 0) is 43.5 Å². The number of nitrogens with zero attached hydrogens (tertiary/aromatic N) is 1. The molecule has 2 aromatic rings. The molecule has 4 rings (SSSR count). The third-order valence-electron chi connectivity index (χ3n) is 5.49. The molecule has 5 nitrogen and oxygen atoms in total. The summed E-state index contributed by atoms with van der Waals surface area (Å²) >= 11 is 0. The summed E-state index contributed by atoms with van der Waals surface area (Å²) in [4.78, 5) is 39.2.